The molecular weight excluding hydrogens is 297 g/mol. The highest BCUT2D eigenvalue weighted by molar-refractivity contribution is 6.31. The van der Waals surface area contributed by atoms with Gasteiger partial charge in [-0.2, -0.15) is 0 Å². The smallest absolute Gasteiger partial charge is 0.303 e. The number of hydrogen-bond acceptors (Lipinski definition) is 2. The highest BCUT2D eigenvalue weighted by Crippen LogP contribution is 2.51. The fourth-order valence-corrected chi connectivity index (χ4v) is 2.82. The van der Waals surface area contributed by atoms with Crippen molar-refractivity contribution in [2.24, 2.45) is 5.92 Å². The van der Waals surface area contributed by atoms with Gasteiger partial charge in [0.1, 0.15) is 5.82 Å². The monoisotopic (exact) mass is 313 g/mol. The molecular formula is C15H17ClFNO3. The maximum atomic E-state index is 13.8. The van der Waals surface area contributed by atoms with Crippen molar-refractivity contribution in [2.75, 3.05) is 13.6 Å². The van der Waals surface area contributed by atoms with Gasteiger partial charge in [0.05, 0.1) is 0 Å². The molecule has 1 fully saturated rings. The van der Waals surface area contributed by atoms with Gasteiger partial charge < -0.3 is 10.0 Å². The van der Waals surface area contributed by atoms with Crippen LogP contribution in [0.4, 0.5) is 4.39 Å². The summed E-state index contributed by atoms with van der Waals surface area (Å²) in [6.07, 6.45) is 1.03. The number of carboxylic acid groups (broad SMARTS) is 1. The van der Waals surface area contributed by atoms with E-state index in [1.165, 1.54) is 11.0 Å². The van der Waals surface area contributed by atoms with Gasteiger partial charge in [0.25, 0.3) is 0 Å². The van der Waals surface area contributed by atoms with Crippen LogP contribution in [0.5, 0.6) is 0 Å². The van der Waals surface area contributed by atoms with E-state index in [0.29, 0.717) is 30.0 Å². The molecule has 0 saturated heterocycles. The topological polar surface area (TPSA) is 57.6 Å². The van der Waals surface area contributed by atoms with E-state index in [9.17, 15) is 14.0 Å². The number of benzene rings is 1. The van der Waals surface area contributed by atoms with Crippen LogP contribution in [0.3, 0.4) is 0 Å². The highest BCUT2D eigenvalue weighted by atomic mass is 35.5. The van der Waals surface area contributed by atoms with E-state index in [1.807, 2.05) is 0 Å². The third-order valence-electron chi connectivity index (χ3n) is 3.74. The van der Waals surface area contributed by atoms with Gasteiger partial charge in [-0.3, -0.25) is 9.59 Å². The van der Waals surface area contributed by atoms with Crippen LogP contribution >= 0.6 is 11.6 Å². The Kier molecular flexibility index (Phi) is 4.83. The van der Waals surface area contributed by atoms with E-state index in [0.717, 1.165) is 0 Å². The Labute approximate surface area is 127 Å². The molecule has 114 valence electrons. The highest BCUT2D eigenvalue weighted by Gasteiger charge is 2.47. The third-order valence-corrected chi connectivity index (χ3v) is 4.07. The van der Waals surface area contributed by atoms with Crippen molar-refractivity contribution in [3.63, 3.8) is 0 Å². The first-order valence-corrected chi connectivity index (χ1v) is 7.20. The second kappa shape index (κ2) is 6.43. The van der Waals surface area contributed by atoms with Crippen molar-refractivity contribution in [1.82, 2.24) is 4.90 Å². The molecule has 0 bridgehead atoms. The quantitative estimate of drug-likeness (QED) is 0.878. The van der Waals surface area contributed by atoms with Crippen molar-refractivity contribution in [2.45, 2.75) is 25.2 Å². The zero-order chi connectivity index (χ0) is 15.6. The van der Waals surface area contributed by atoms with E-state index in [4.69, 9.17) is 16.7 Å². The lowest BCUT2D eigenvalue weighted by Gasteiger charge is -2.17. The first-order valence-electron chi connectivity index (χ1n) is 6.82. The van der Waals surface area contributed by atoms with Crippen LogP contribution in [0.1, 0.15) is 30.7 Å². The first-order chi connectivity index (χ1) is 9.91. The fraction of sp³-hybridized carbons (Fsp3) is 0.467. The zero-order valence-electron chi connectivity index (χ0n) is 11.7. The summed E-state index contributed by atoms with van der Waals surface area (Å²) in [5.41, 5.74) is 0.413. The number of aliphatic carboxylic acids is 1. The van der Waals surface area contributed by atoms with Crippen molar-refractivity contribution in [3.8, 4) is 0 Å². The van der Waals surface area contributed by atoms with E-state index in [2.05, 4.69) is 0 Å². The largest absolute Gasteiger partial charge is 0.481 e. The average Bonchev–Trinajstić information content (AvgIpc) is 3.17. The van der Waals surface area contributed by atoms with Gasteiger partial charge in [0.15, 0.2) is 0 Å². The Hall–Kier alpha value is -1.62. The Bertz CT molecular complexity index is 544. The molecule has 0 spiro atoms. The molecule has 1 aromatic carbocycles. The number of rotatable bonds is 6. The Balaban J connectivity index is 1.93. The standard InChI is InChI=1S/C15H17ClFNO3/c1-18(7-3-6-13(19)20)15(21)10-8-9(10)14-11(16)4-2-5-12(14)17/h2,4-5,9-10H,3,6-8H2,1H3,(H,19,20)/t9-,10+/m1/s1. The predicted molar refractivity (Wildman–Crippen MR) is 76.8 cm³/mol. The van der Waals surface area contributed by atoms with Gasteiger partial charge in [-0.15, -0.1) is 0 Å². The summed E-state index contributed by atoms with van der Waals surface area (Å²) in [5.74, 6) is -1.76. The third kappa shape index (κ3) is 3.73. The molecule has 0 radical (unpaired) electrons. The lowest BCUT2D eigenvalue weighted by atomic mass is 10.1. The number of hydrogen-bond donors (Lipinski definition) is 1. The summed E-state index contributed by atoms with van der Waals surface area (Å²) in [5, 5.41) is 8.93. The molecule has 0 heterocycles. The second-order valence-electron chi connectivity index (χ2n) is 5.34. The van der Waals surface area contributed by atoms with Crippen LogP contribution < -0.4 is 0 Å². The number of halogens is 2. The summed E-state index contributed by atoms with van der Waals surface area (Å²) >= 11 is 6.00. The maximum absolute atomic E-state index is 13.8. The molecule has 2 rings (SSSR count). The number of carbonyl (C=O) groups excluding carboxylic acids is 1. The molecule has 0 aromatic heterocycles. The summed E-state index contributed by atoms with van der Waals surface area (Å²) in [7, 11) is 1.64. The van der Waals surface area contributed by atoms with E-state index in [1.54, 1.807) is 19.2 Å². The Morgan fingerprint density at radius 1 is 1.48 bits per heavy atom. The summed E-state index contributed by atoms with van der Waals surface area (Å²) in [6.45, 7) is 0.388. The molecule has 1 aliphatic carbocycles. The van der Waals surface area contributed by atoms with E-state index >= 15 is 0 Å². The normalized spacial score (nSPS) is 20.1. The Morgan fingerprint density at radius 3 is 2.81 bits per heavy atom. The lowest BCUT2D eigenvalue weighted by Crippen LogP contribution is -2.29. The lowest BCUT2D eigenvalue weighted by molar-refractivity contribution is -0.138. The van der Waals surface area contributed by atoms with Crippen LogP contribution in [0.25, 0.3) is 0 Å². The molecule has 1 N–H and O–H groups in total. The van der Waals surface area contributed by atoms with Crippen LogP contribution in [-0.2, 0) is 9.59 Å². The minimum Gasteiger partial charge on any atom is -0.481 e. The maximum Gasteiger partial charge on any atom is 0.303 e. The van der Waals surface area contributed by atoms with Gasteiger partial charge in [-0.05, 0) is 25.0 Å². The number of carboxylic acids is 1. The predicted octanol–water partition coefficient (Wildman–Crippen LogP) is 2.91. The number of amides is 1. The van der Waals surface area contributed by atoms with Crippen molar-refractivity contribution < 1.29 is 19.1 Å². The van der Waals surface area contributed by atoms with Crippen molar-refractivity contribution >= 4 is 23.5 Å². The average molecular weight is 314 g/mol. The first kappa shape index (κ1) is 15.8. The minimum absolute atomic E-state index is 0.0326. The minimum atomic E-state index is -0.877. The van der Waals surface area contributed by atoms with Gasteiger partial charge in [-0.1, -0.05) is 17.7 Å². The van der Waals surface area contributed by atoms with Crippen LogP contribution in [0.2, 0.25) is 5.02 Å². The number of nitrogens with zero attached hydrogens (tertiary/aromatic N) is 1. The molecule has 4 nitrogen and oxygen atoms in total. The van der Waals surface area contributed by atoms with Gasteiger partial charge in [0, 0.05) is 42.4 Å². The van der Waals surface area contributed by atoms with Gasteiger partial charge in [-0.25, -0.2) is 4.39 Å². The molecule has 2 atom stereocenters. The van der Waals surface area contributed by atoms with E-state index < -0.39 is 5.97 Å². The molecule has 21 heavy (non-hydrogen) atoms. The summed E-state index contributed by atoms with van der Waals surface area (Å²) in [4.78, 5) is 24.2. The molecule has 1 aliphatic rings. The van der Waals surface area contributed by atoms with Crippen molar-refractivity contribution in [3.05, 3.63) is 34.6 Å². The van der Waals surface area contributed by atoms with Crippen LogP contribution in [-0.4, -0.2) is 35.5 Å². The van der Waals surface area contributed by atoms with Crippen LogP contribution in [0.15, 0.2) is 18.2 Å². The Morgan fingerprint density at radius 2 is 2.19 bits per heavy atom. The van der Waals surface area contributed by atoms with Gasteiger partial charge in [0.2, 0.25) is 5.91 Å². The second-order valence-corrected chi connectivity index (χ2v) is 5.75. The molecule has 0 aliphatic heterocycles. The summed E-state index contributed by atoms with van der Waals surface area (Å²) in [6, 6.07) is 4.51. The van der Waals surface area contributed by atoms with Crippen LogP contribution in [0, 0.1) is 11.7 Å². The SMILES string of the molecule is CN(CCCC(=O)O)C(=O)[C@H]1C[C@H]1c1c(F)cccc1Cl. The molecule has 0 unspecified atom stereocenters. The molecule has 1 saturated carbocycles. The van der Waals surface area contributed by atoms with Gasteiger partial charge >= 0.3 is 5.97 Å². The molecule has 1 aromatic rings. The summed E-state index contributed by atoms with van der Waals surface area (Å²) < 4.78 is 13.8. The number of carbonyl (C=O) groups is 2. The molecule has 1 amide bonds. The van der Waals surface area contributed by atoms with Crippen molar-refractivity contribution in [1.29, 1.82) is 0 Å². The zero-order valence-corrected chi connectivity index (χ0v) is 12.4. The fourth-order valence-electron chi connectivity index (χ4n) is 2.51. The molecule has 6 heteroatoms. The van der Waals surface area contributed by atoms with E-state index in [-0.39, 0.29) is 30.0 Å².